The molecule has 2 aliphatic rings. The maximum Gasteiger partial charge on any atom is 0.261 e. The molecule has 2 aliphatic heterocycles. The summed E-state index contributed by atoms with van der Waals surface area (Å²) in [5.74, 6) is 0.0121. The number of hydrogen-bond donors (Lipinski definition) is 2. The first-order valence-electron chi connectivity index (χ1n) is 10.4. The fraction of sp³-hybridized carbons (Fsp3) is 0.364. The van der Waals surface area contributed by atoms with Gasteiger partial charge < -0.3 is 15.0 Å². The van der Waals surface area contributed by atoms with Crippen LogP contribution >= 0.6 is 11.8 Å². The van der Waals surface area contributed by atoms with E-state index in [4.69, 9.17) is 4.74 Å². The molecule has 170 valence electrons. The summed E-state index contributed by atoms with van der Waals surface area (Å²) < 4.78 is 33.2. The van der Waals surface area contributed by atoms with Gasteiger partial charge in [-0.25, -0.2) is 8.42 Å². The van der Waals surface area contributed by atoms with Gasteiger partial charge in [0.15, 0.2) is 5.25 Å². The minimum atomic E-state index is -3.86. The number of anilines is 2. The van der Waals surface area contributed by atoms with Crippen LogP contribution in [0.5, 0.6) is 5.75 Å². The minimum absolute atomic E-state index is 0.0188. The average Bonchev–Trinajstić information content (AvgIpc) is 3.08. The summed E-state index contributed by atoms with van der Waals surface area (Å²) in [6.07, 6.45) is 4.09. The Bertz CT molecular complexity index is 1110. The maximum absolute atomic E-state index is 12.9. The van der Waals surface area contributed by atoms with Crippen LogP contribution in [-0.2, 0) is 19.6 Å². The fourth-order valence-corrected chi connectivity index (χ4v) is 5.89. The molecule has 1 saturated heterocycles. The number of nitrogens with zero attached hydrogens (tertiary/aromatic N) is 1. The number of likely N-dealkylation sites (tertiary alicyclic amines) is 1. The van der Waals surface area contributed by atoms with Gasteiger partial charge in [-0.15, -0.1) is 11.8 Å². The second kappa shape index (κ2) is 9.41. The Hall–Kier alpha value is -2.72. The fourth-order valence-electron chi connectivity index (χ4n) is 3.75. The predicted molar refractivity (Wildman–Crippen MR) is 124 cm³/mol. The molecule has 2 aromatic rings. The van der Waals surface area contributed by atoms with Gasteiger partial charge in [-0.05, 0) is 55.3 Å². The zero-order valence-corrected chi connectivity index (χ0v) is 19.3. The van der Waals surface area contributed by atoms with E-state index in [9.17, 15) is 18.0 Å². The van der Waals surface area contributed by atoms with Gasteiger partial charge in [0.1, 0.15) is 5.75 Å². The SMILES string of the molecule is COc1ccc(NS(=O)(=O)c2ccc3c(c2)NC(=O)C(C(=O)N2CCCCCC2)S3)cc1. The molecule has 0 aliphatic carbocycles. The van der Waals surface area contributed by atoms with E-state index in [0.717, 1.165) is 25.7 Å². The third-order valence-corrected chi connectivity index (χ3v) is 8.13. The van der Waals surface area contributed by atoms with Gasteiger partial charge in [-0.2, -0.15) is 0 Å². The Morgan fingerprint density at radius 1 is 1.09 bits per heavy atom. The third-order valence-electron chi connectivity index (χ3n) is 5.49. The summed E-state index contributed by atoms with van der Waals surface area (Å²) in [6, 6.07) is 11.0. The standard InChI is InChI=1S/C22H25N3O5S2/c1-30-16-8-6-15(7-9-16)24-32(28,29)17-10-11-19-18(14-17)23-21(26)20(31-19)22(27)25-12-4-2-3-5-13-25/h6-11,14,20,24H,2-5,12-13H2,1H3,(H,23,26). The van der Waals surface area contributed by atoms with Crippen molar-refractivity contribution in [1.82, 2.24) is 4.90 Å². The van der Waals surface area contributed by atoms with Gasteiger partial charge in [0.2, 0.25) is 11.8 Å². The molecule has 0 radical (unpaired) electrons. The topological polar surface area (TPSA) is 105 Å². The van der Waals surface area contributed by atoms with Crippen molar-refractivity contribution in [3.8, 4) is 5.75 Å². The number of carbonyl (C=O) groups is 2. The second-order valence-electron chi connectivity index (χ2n) is 7.72. The molecule has 2 heterocycles. The van der Waals surface area contributed by atoms with Crippen LogP contribution < -0.4 is 14.8 Å². The first-order valence-corrected chi connectivity index (χ1v) is 12.8. The molecule has 0 bridgehead atoms. The Kier molecular flexibility index (Phi) is 6.61. The lowest BCUT2D eigenvalue weighted by Gasteiger charge is -2.28. The average molecular weight is 476 g/mol. The van der Waals surface area contributed by atoms with Crippen molar-refractivity contribution in [1.29, 1.82) is 0 Å². The molecule has 8 nitrogen and oxygen atoms in total. The highest BCUT2D eigenvalue weighted by atomic mass is 32.2. The van der Waals surface area contributed by atoms with Crippen LogP contribution in [0, 0.1) is 0 Å². The molecule has 0 aromatic heterocycles. The van der Waals surface area contributed by atoms with Gasteiger partial charge in [0, 0.05) is 23.7 Å². The molecule has 10 heteroatoms. The van der Waals surface area contributed by atoms with Crippen molar-refractivity contribution in [3.63, 3.8) is 0 Å². The quantitative estimate of drug-likeness (QED) is 0.643. The zero-order valence-electron chi connectivity index (χ0n) is 17.7. The second-order valence-corrected chi connectivity index (χ2v) is 10.5. The summed E-state index contributed by atoms with van der Waals surface area (Å²) in [5, 5.41) is 1.86. The number of amides is 2. The molecular weight excluding hydrogens is 450 g/mol. The van der Waals surface area contributed by atoms with Crippen molar-refractivity contribution < 1.29 is 22.7 Å². The first-order chi connectivity index (χ1) is 15.4. The molecule has 32 heavy (non-hydrogen) atoms. The van der Waals surface area contributed by atoms with E-state index >= 15 is 0 Å². The number of methoxy groups -OCH3 is 1. The lowest BCUT2D eigenvalue weighted by Crippen LogP contribution is -2.45. The highest BCUT2D eigenvalue weighted by Gasteiger charge is 2.36. The van der Waals surface area contributed by atoms with Crippen LogP contribution in [0.15, 0.2) is 52.3 Å². The zero-order chi connectivity index (χ0) is 22.7. The number of benzene rings is 2. The molecular formula is C22H25N3O5S2. The van der Waals surface area contributed by atoms with Gasteiger partial charge in [0.05, 0.1) is 17.7 Å². The number of sulfonamides is 1. The van der Waals surface area contributed by atoms with Crippen molar-refractivity contribution in [2.45, 2.75) is 40.7 Å². The number of carbonyl (C=O) groups excluding carboxylic acids is 2. The molecule has 1 atom stereocenters. The van der Waals surface area contributed by atoms with Crippen molar-refractivity contribution in [2.24, 2.45) is 0 Å². The number of hydrogen-bond acceptors (Lipinski definition) is 6. The van der Waals surface area contributed by atoms with E-state index < -0.39 is 21.2 Å². The van der Waals surface area contributed by atoms with E-state index in [-0.39, 0.29) is 10.8 Å². The predicted octanol–water partition coefficient (Wildman–Crippen LogP) is 3.31. The van der Waals surface area contributed by atoms with E-state index in [2.05, 4.69) is 10.0 Å². The van der Waals surface area contributed by atoms with Crippen molar-refractivity contribution in [3.05, 3.63) is 42.5 Å². The maximum atomic E-state index is 12.9. The molecule has 2 N–H and O–H groups in total. The molecule has 0 spiro atoms. The van der Waals surface area contributed by atoms with E-state index in [0.29, 0.717) is 35.1 Å². The summed E-state index contributed by atoms with van der Waals surface area (Å²) in [4.78, 5) is 28.1. The molecule has 1 fully saturated rings. The molecule has 1 unspecified atom stereocenters. The summed E-state index contributed by atoms with van der Waals surface area (Å²) >= 11 is 1.17. The molecule has 2 aromatic carbocycles. The summed E-state index contributed by atoms with van der Waals surface area (Å²) in [5.41, 5.74) is 0.780. The Balaban J connectivity index is 1.51. The molecule has 4 rings (SSSR count). The lowest BCUT2D eigenvalue weighted by molar-refractivity contribution is -0.133. The van der Waals surface area contributed by atoms with Gasteiger partial charge in [0.25, 0.3) is 10.0 Å². The van der Waals surface area contributed by atoms with Crippen molar-refractivity contribution in [2.75, 3.05) is 30.2 Å². The number of rotatable bonds is 5. The smallest absolute Gasteiger partial charge is 0.261 e. The largest absolute Gasteiger partial charge is 0.497 e. The summed E-state index contributed by atoms with van der Waals surface area (Å²) in [6.45, 7) is 1.34. The van der Waals surface area contributed by atoms with Crippen LogP contribution in [0.1, 0.15) is 25.7 Å². The van der Waals surface area contributed by atoms with Crippen LogP contribution in [0.25, 0.3) is 0 Å². The van der Waals surface area contributed by atoms with Crippen molar-refractivity contribution >= 4 is 45.0 Å². The van der Waals surface area contributed by atoms with E-state index in [1.54, 1.807) is 35.2 Å². The lowest BCUT2D eigenvalue weighted by atomic mass is 10.2. The van der Waals surface area contributed by atoms with Crippen LogP contribution in [0.4, 0.5) is 11.4 Å². The minimum Gasteiger partial charge on any atom is -0.497 e. The number of thioether (sulfide) groups is 1. The van der Waals surface area contributed by atoms with Gasteiger partial charge in [-0.3, -0.25) is 14.3 Å². The van der Waals surface area contributed by atoms with Crippen LogP contribution in [0.2, 0.25) is 0 Å². The molecule has 0 saturated carbocycles. The first kappa shape index (κ1) is 22.5. The van der Waals surface area contributed by atoms with E-state index in [1.165, 1.54) is 31.0 Å². The Labute approximate surface area is 191 Å². The number of nitrogens with one attached hydrogen (secondary N) is 2. The normalized spacial score (nSPS) is 18.8. The highest BCUT2D eigenvalue weighted by Crippen LogP contribution is 2.38. The number of fused-ring (bicyclic) bond motifs is 1. The number of ether oxygens (including phenoxy) is 1. The summed E-state index contributed by atoms with van der Waals surface area (Å²) in [7, 11) is -2.33. The Morgan fingerprint density at radius 3 is 2.44 bits per heavy atom. The third kappa shape index (κ3) is 4.86. The van der Waals surface area contributed by atoms with Crippen LogP contribution in [-0.4, -0.2) is 50.6 Å². The Morgan fingerprint density at radius 2 is 1.78 bits per heavy atom. The van der Waals surface area contributed by atoms with E-state index in [1.807, 2.05) is 0 Å². The van der Waals surface area contributed by atoms with Gasteiger partial charge in [-0.1, -0.05) is 12.8 Å². The monoisotopic (exact) mass is 475 g/mol. The van der Waals surface area contributed by atoms with Crippen LogP contribution in [0.3, 0.4) is 0 Å². The highest BCUT2D eigenvalue weighted by molar-refractivity contribution is 8.01. The van der Waals surface area contributed by atoms with Gasteiger partial charge >= 0.3 is 0 Å². The molecule has 2 amide bonds.